The summed E-state index contributed by atoms with van der Waals surface area (Å²) in [5.74, 6) is 0. The smallest absolute Gasteiger partial charge is 1.00 e. The minimum Gasteiger partial charge on any atom is -1.00 e. The average Bonchev–Trinajstić information content (AvgIpc) is 1.41. The van der Waals surface area contributed by atoms with Gasteiger partial charge in [0, 0.05) is 0 Å². The Morgan fingerprint density at radius 2 is 1.43 bits per heavy atom. The monoisotopic (exact) mass is 156 g/mol. The summed E-state index contributed by atoms with van der Waals surface area (Å²) in [6, 6.07) is 0. The van der Waals surface area contributed by atoms with E-state index in [2.05, 4.69) is 13.8 Å². The van der Waals surface area contributed by atoms with Crippen molar-refractivity contribution in [3.63, 3.8) is 0 Å². The van der Waals surface area contributed by atoms with Gasteiger partial charge in [-0.1, -0.05) is 0 Å². The van der Waals surface area contributed by atoms with E-state index in [4.69, 9.17) is 0 Å². The molecule has 0 aliphatic rings. The van der Waals surface area contributed by atoms with E-state index in [0.717, 1.165) is 15.2 Å². The number of rotatable bonds is 2. The van der Waals surface area contributed by atoms with Gasteiger partial charge in [-0.3, -0.25) is 0 Å². The molecule has 44 valence electrons. The maximum atomic E-state index is 2.25. The Hall–Kier alpha value is 1.11. The third-order valence-corrected chi connectivity index (χ3v) is 1.73. The number of hydrogen-bond acceptors (Lipinski definition) is 0. The van der Waals surface area contributed by atoms with Crippen LogP contribution >= 0.6 is 0 Å². The van der Waals surface area contributed by atoms with Crippen LogP contribution in [0.2, 0.25) is 10.6 Å². The van der Waals surface area contributed by atoms with Crippen molar-refractivity contribution in [3.8, 4) is 0 Å². The van der Waals surface area contributed by atoms with Gasteiger partial charge in [0.15, 0.2) is 0 Å². The third kappa shape index (κ3) is 19.2. The molecule has 0 aliphatic heterocycles. The first-order valence-electron chi connectivity index (χ1n) is 2.23. The van der Waals surface area contributed by atoms with Crippen molar-refractivity contribution in [3.05, 3.63) is 0 Å². The van der Waals surface area contributed by atoms with Crippen LogP contribution in [0.3, 0.4) is 0 Å². The molecule has 0 heterocycles. The summed E-state index contributed by atoms with van der Waals surface area (Å²) >= 11 is 0.815. The molecule has 0 radical (unpaired) electrons. The summed E-state index contributed by atoms with van der Waals surface area (Å²) in [4.78, 5) is 0. The molecule has 0 amide bonds. The van der Waals surface area contributed by atoms with E-state index in [-0.39, 0.29) is 26.2 Å². The third-order valence-electron chi connectivity index (χ3n) is 0.577. The Labute approximate surface area is 66.1 Å². The Balaban J connectivity index is -0.0000000267. The molecular formula is C4H11AlCl2. The first-order valence-corrected chi connectivity index (χ1v) is 3.86. The van der Waals surface area contributed by atoms with Crippen LogP contribution in [0, 0.1) is 0 Å². The molecule has 0 rings (SSSR count). The van der Waals surface area contributed by atoms with E-state index in [9.17, 15) is 0 Å². The second kappa shape index (κ2) is 15.7. The largest absolute Gasteiger partial charge is 1.00 e. The Morgan fingerprint density at radius 1 is 1.14 bits per heavy atom. The molecule has 0 unspecified atom stereocenters. The van der Waals surface area contributed by atoms with E-state index in [0.29, 0.717) is 0 Å². The van der Waals surface area contributed by atoms with E-state index in [1.54, 1.807) is 0 Å². The van der Waals surface area contributed by atoms with Gasteiger partial charge in [-0.15, -0.1) is 0 Å². The molecule has 3 heteroatoms. The minimum atomic E-state index is 0. The fourth-order valence-electron chi connectivity index (χ4n) is 0.289. The first-order chi connectivity index (χ1) is 2.41. The van der Waals surface area contributed by atoms with Gasteiger partial charge >= 0.3 is 41.1 Å². The van der Waals surface area contributed by atoms with Crippen LogP contribution in [-0.2, 0) is 0 Å². The zero-order valence-electron chi connectivity index (χ0n) is 5.75. The summed E-state index contributed by atoms with van der Waals surface area (Å²) in [6.07, 6.45) is 0. The molecule has 0 N–H and O–H groups in total. The average molecular weight is 157 g/mol. The van der Waals surface area contributed by atoms with Gasteiger partial charge < -0.3 is 24.8 Å². The normalized spacial score (nSPS) is 4.86. The van der Waals surface area contributed by atoms with Gasteiger partial charge in [-0.05, 0) is 0 Å². The van der Waals surface area contributed by atoms with Crippen LogP contribution < -0.4 is 24.8 Å². The SMILES string of the molecule is C[CH2][Al+][CH2]C.[Cl-].[Cl-].[H+]. The molecule has 0 saturated heterocycles. The van der Waals surface area contributed by atoms with Crippen molar-refractivity contribution in [2.75, 3.05) is 0 Å². The van der Waals surface area contributed by atoms with Crippen LogP contribution in [0.5, 0.6) is 0 Å². The van der Waals surface area contributed by atoms with Crippen molar-refractivity contribution in [2.45, 2.75) is 24.4 Å². The summed E-state index contributed by atoms with van der Waals surface area (Å²) in [6.45, 7) is 4.50. The van der Waals surface area contributed by atoms with Crippen molar-refractivity contribution in [1.29, 1.82) is 0 Å². The standard InChI is InChI=1S/2C2H5.Al.2ClH/c2*1-2;;;/h2*1H2,2H3;;2*1H/q;;+1;;/p-1. The van der Waals surface area contributed by atoms with Crippen molar-refractivity contribution < 1.29 is 26.2 Å². The molecule has 0 nitrogen and oxygen atoms in total. The Kier molecular flexibility index (Phi) is 35.2. The van der Waals surface area contributed by atoms with Gasteiger partial charge in [0.25, 0.3) is 0 Å². The number of halogens is 2. The maximum Gasteiger partial charge on any atom is 1.00 e. The summed E-state index contributed by atoms with van der Waals surface area (Å²) in [7, 11) is 0. The maximum absolute atomic E-state index is 2.25. The van der Waals surface area contributed by atoms with Crippen LogP contribution in [0.1, 0.15) is 15.3 Å². The topological polar surface area (TPSA) is 0 Å². The molecule has 0 aromatic carbocycles. The van der Waals surface area contributed by atoms with Crippen molar-refractivity contribution in [2.24, 2.45) is 0 Å². The van der Waals surface area contributed by atoms with Gasteiger partial charge in [0.2, 0.25) is 0 Å². The predicted octanol–water partition coefficient (Wildman–Crippen LogP) is -4.31. The Morgan fingerprint density at radius 3 is 1.43 bits per heavy atom. The van der Waals surface area contributed by atoms with Crippen molar-refractivity contribution >= 4 is 15.2 Å². The predicted molar refractivity (Wildman–Crippen MR) is 27.8 cm³/mol. The van der Waals surface area contributed by atoms with Gasteiger partial charge in [-0.2, -0.15) is 0 Å². The van der Waals surface area contributed by atoms with Crippen molar-refractivity contribution in [1.82, 2.24) is 0 Å². The molecule has 0 aromatic heterocycles. The second-order valence-electron chi connectivity index (χ2n) is 1.11. The molecular weight excluding hydrogens is 146 g/mol. The van der Waals surface area contributed by atoms with Crippen LogP contribution in [0.15, 0.2) is 0 Å². The molecule has 0 fully saturated rings. The summed E-state index contributed by atoms with van der Waals surface area (Å²) in [5, 5.41) is 2.85. The first kappa shape index (κ1) is 15.7. The van der Waals surface area contributed by atoms with E-state index in [1.165, 1.54) is 10.6 Å². The van der Waals surface area contributed by atoms with Gasteiger partial charge in [0.05, 0.1) is 0 Å². The van der Waals surface area contributed by atoms with Crippen LogP contribution in [0.4, 0.5) is 0 Å². The molecule has 0 aliphatic carbocycles. The number of hydrogen-bond donors (Lipinski definition) is 0. The second-order valence-corrected chi connectivity index (χ2v) is 3.32. The fraction of sp³-hybridized carbons (Fsp3) is 1.00. The zero-order chi connectivity index (χ0) is 4.12. The van der Waals surface area contributed by atoms with E-state index >= 15 is 0 Å². The quantitative estimate of drug-likeness (QED) is 0.356. The van der Waals surface area contributed by atoms with Gasteiger partial charge in [-0.25, -0.2) is 0 Å². The molecule has 0 spiro atoms. The fourth-order valence-corrected chi connectivity index (χ4v) is 0.866. The Bertz CT molecular complexity index is 21.5. The van der Waals surface area contributed by atoms with Gasteiger partial charge in [0.1, 0.15) is 0 Å². The zero-order valence-corrected chi connectivity index (χ0v) is 7.41. The summed E-state index contributed by atoms with van der Waals surface area (Å²) in [5.41, 5.74) is 0. The van der Waals surface area contributed by atoms with Crippen LogP contribution in [-0.4, -0.2) is 15.2 Å². The molecule has 0 bridgehead atoms. The summed E-state index contributed by atoms with van der Waals surface area (Å²) < 4.78 is 0. The molecule has 0 saturated carbocycles. The van der Waals surface area contributed by atoms with Crippen LogP contribution in [0.25, 0.3) is 0 Å². The molecule has 0 atom stereocenters. The molecule has 7 heavy (non-hydrogen) atoms. The van der Waals surface area contributed by atoms with E-state index < -0.39 is 0 Å². The minimum absolute atomic E-state index is 0. The van der Waals surface area contributed by atoms with E-state index in [1.807, 2.05) is 0 Å². The molecule has 0 aromatic rings.